The fraction of sp³-hybridized carbons (Fsp3) is 0.280. The summed E-state index contributed by atoms with van der Waals surface area (Å²) in [7, 11) is 1.78. The molecule has 0 bridgehead atoms. The van der Waals surface area contributed by atoms with Crippen LogP contribution < -0.4 is 15.6 Å². The minimum Gasteiger partial charge on any atom is -0.490 e. The van der Waals surface area contributed by atoms with Gasteiger partial charge >= 0.3 is 0 Å². The molecule has 0 aliphatic carbocycles. The molecule has 0 atom stereocenters. The van der Waals surface area contributed by atoms with Gasteiger partial charge in [-0.15, -0.1) is 0 Å². The van der Waals surface area contributed by atoms with Crippen molar-refractivity contribution in [3.05, 3.63) is 72.3 Å². The first-order valence-electron chi connectivity index (χ1n) is 10.7. The summed E-state index contributed by atoms with van der Waals surface area (Å²) in [6.45, 7) is 3.62. The molecule has 0 aromatic heterocycles. The summed E-state index contributed by atoms with van der Waals surface area (Å²) < 4.78 is 6.13. The molecule has 4 rings (SSSR count). The van der Waals surface area contributed by atoms with Gasteiger partial charge in [0.15, 0.2) is 0 Å². The lowest BCUT2D eigenvalue weighted by molar-refractivity contribution is 0.130. The Bertz CT molecular complexity index is 1070. The zero-order valence-electron chi connectivity index (χ0n) is 18.1. The van der Waals surface area contributed by atoms with Crippen molar-refractivity contribution in [1.82, 2.24) is 10.3 Å². The van der Waals surface area contributed by atoms with Crippen molar-refractivity contribution in [2.75, 3.05) is 25.6 Å². The lowest BCUT2D eigenvalue weighted by atomic mass is 10.1. The van der Waals surface area contributed by atoms with Crippen molar-refractivity contribution in [3.8, 4) is 5.75 Å². The number of ether oxygens (including phenoxy) is 1. The maximum absolute atomic E-state index is 7.74. The molecule has 3 aromatic carbocycles. The van der Waals surface area contributed by atoms with Gasteiger partial charge in [-0.25, -0.2) is 0 Å². The SMILES string of the molecule is CN=C(NNc1ccc(OC2CCN(C(C)=N)CC2)cc1)c1ccc2ccccc2c1. The van der Waals surface area contributed by atoms with E-state index in [1.54, 1.807) is 7.05 Å². The Morgan fingerprint density at radius 2 is 1.71 bits per heavy atom. The molecule has 1 saturated heterocycles. The molecule has 0 saturated carbocycles. The normalized spacial score (nSPS) is 15.0. The molecule has 0 radical (unpaired) electrons. The van der Waals surface area contributed by atoms with Crippen LogP contribution in [-0.4, -0.2) is 42.8 Å². The smallest absolute Gasteiger partial charge is 0.146 e. The maximum atomic E-state index is 7.74. The summed E-state index contributed by atoms with van der Waals surface area (Å²) in [5.41, 5.74) is 8.40. The summed E-state index contributed by atoms with van der Waals surface area (Å²) >= 11 is 0. The lowest BCUT2D eigenvalue weighted by Gasteiger charge is -2.32. The predicted octanol–water partition coefficient (Wildman–Crippen LogP) is 4.67. The zero-order chi connectivity index (χ0) is 21.6. The van der Waals surface area contributed by atoms with E-state index < -0.39 is 0 Å². The van der Waals surface area contributed by atoms with Gasteiger partial charge in [0, 0.05) is 38.5 Å². The van der Waals surface area contributed by atoms with E-state index in [1.165, 1.54) is 10.8 Å². The number of rotatable bonds is 5. The van der Waals surface area contributed by atoms with Crippen molar-refractivity contribution < 1.29 is 4.74 Å². The van der Waals surface area contributed by atoms with Crippen molar-refractivity contribution in [3.63, 3.8) is 0 Å². The first-order valence-corrected chi connectivity index (χ1v) is 10.7. The second-order valence-electron chi connectivity index (χ2n) is 7.80. The number of hydrazine groups is 1. The third-order valence-electron chi connectivity index (χ3n) is 5.65. The third kappa shape index (κ3) is 5.15. The van der Waals surface area contributed by atoms with Crippen LogP contribution in [0.4, 0.5) is 5.69 Å². The van der Waals surface area contributed by atoms with E-state index in [4.69, 9.17) is 10.1 Å². The van der Waals surface area contributed by atoms with Crippen LogP contribution in [0.3, 0.4) is 0 Å². The fourth-order valence-corrected chi connectivity index (χ4v) is 3.84. The van der Waals surface area contributed by atoms with Gasteiger partial charge in [-0.05, 0) is 48.0 Å². The van der Waals surface area contributed by atoms with Gasteiger partial charge in [0.1, 0.15) is 17.7 Å². The first-order chi connectivity index (χ1) is 15.1. The van der Waals surface area contributed by atoms with Gasteiger partial charge in [-0.1, -0.05) is 36.4 Å². The quantitative estimate of drug-likeness (QED) is 0.322. The predicted molar refractivity (Wildman–Crippen MR) is 128 cm³/mol. The summed E-state index contributed by atoms with van der Waals surface area (Å²) in [6.07, 6.45) is 2.10. The van der Waals surface area contributed by atoms with Gasteiger partial charge in [0.2, 0.25) is 0 Å². The minimum absolute atomic E-state index is 0.208. The molecule has 31 heavy (non-hydrogen) atoms. The van der Waals surface area contributed by atoms with E-state index in [-0.39, 0.29) is 6.10 Å². The van der Waals surface area contributed by atoms with Crippen LogP contribution in [0.2, 0.25) is 0 Å². The number of piperidine rings is 1. The van der Waals surface area contributed by atoms with Crippen LogP contribution in [0.15, 0.2) is 71.7 Å². The van der Waals surface area contributed by atoms with Crippen LogP contribution in [0.5, 0.6) is 5.75 Å². The lowest BCUT2D eigenvalue weighted by Crippen LogP contribution is -2.40. The highest BCUT2D eigenvalue weighted by Crippen LogP contribution is 2.21. The topological polar surface area (TPSA) is 72.7 Å². The summed E-state index contributed by atoms with van der Waals surface area (Å²) in [5, 5.41) is 10.1. The molecule has 3 aromatic rings. The Balaban J connectivity index is 1.32. The fourth-order valence-electron chi connectivity index (χ4n) is 3.84. The van der Waals surface area contributed by atoms with Crippen LogP contribution >= 0.6 is 0 Å². The summed E-state index contributed by atoms with van der Waals surface area (Å²) in [6, 6.07) is 22.6. The molecule has 1 fully saturated rings. The largest absolute Gasteiger partial charge is 0.490 e. The first kappa shape index (κ1) is 20.7. The average molecular weight is 416 g/mol. The summed E-state index contributed by atoms with van der Waals surface area (Å²) in [5.74, 6) is 2.29. The highest BCUT2D eigenvalue weighted by Gasteiger charge is 2.20. The van der Waals surface area contributed by atoms with Crippen molar-refractivity contribution in [1.29, 1.82) is 5.41 Å². The molecule has 6 heteroatoms. The number of hydrogen-bond donors (Lipinski definition) is 3. The molecule has 0 amide bonds. The van der Waals surface area contributed by atoms with Gasteiger partial charge in [0.25, 0.3) is 0 Å². The molecular weight excluding hydrogens is 386 g/mol. The average Bonchev–Trinajstić information content (AvgIpc) is 2.81. The van der Waals surface area contributed by atoms with Crippen molar-refractivity contribution in [2.45, 2.75) is 25.9 Å². The maximum Gasteiger partial charge on any atom is 0.146 e. The number of amidine groups is 2. The second-order valence-corrected chi connectivity index (χ2v) is 7.80. The van der Waals surface area contributed by atoms with Crippen LogP contribution in [0.25, 0.3) is 10.8 Å². The Hall–Kier alpha value is -3.54. The number of fused-ring (bicyclic) bond motifs is 1. The number of hydrogen-bond acceptors (Lipinski definition) is 4. The van der Waals surface area contributed by atoms with E-state index >= 15 is 0 Å². The monoisotopic (exact) mass is 415 g/mol. The molecular formula is C25H29N5O. The van der Waals surface area contributed by atoms with E-state index in [9.17, 15) is 0 Å². The highest BCUT2D eigenvalue weighted by molar-refractivity contribution is 6.02. The molecule has 160 valence electrons. The van der Waals surface area contributed by atoms with E-state index in [2.05, 4.69) is 51.1 Å². The van der Waals surface area contributed by atoms with Crippen LogP contribution in [0.1, 0.15) is 25.3 Å². The van der Waals surface area contributed by atoms with Crippen molar-refractivity contribution in [2.24, 2.45) is 4.99 Å². The molecule has 0 spiro atoms. The molecule has 0 unspecified atom stereocenters. The van der Waals surface area contributed by atoms with Crippen LogP contribution in [0, 0.1) is 5.41 Å². The van der Waals surface area contributed by atoms with Crippen molar-refractivity contribution >= 4 is 28.1 Å². The number of nitrogens with zero attached hydrogens (tertiary/aromatic N) is 2. The Morgan fingerprint density at radius 1 is 1.00 bits per heavy atom. The number of anilines is 1. The number of likely N-dealkylation sites (tertiary alicyclic amines) is 1. The van der Waals surface area contributed by atoms with Crippen LogP contribution in [-0.2, 0) is 0 Å². The summed E-state index contributed by atoms with van der Waals surface area (Å²) in [4.78, 5) is 6.49. The molecule has 3 N–H and O–H groups in total. The van der Waals surface area contributed by atoms with E-state index in [0.717, 1.165) is 48.8 Å². The zero-order valence-corrected chi connectivity index (χ0v) is 18.1. The highest BCUT2D eigenvalue weighted by atomic mass is 16.5. The van der Waals surface area contributed by atoms with Gasteiger partial charge in [-0.2, -0.15) is 0 Å². The molecule has 1 aliphatic heterocycles. The Morgan fingerprint density at radius 3 is 2.39 bits per heavy atom. The Kier molecular flexibility index (Phi) is 6.36. The van der Waals surface area contributed by atoms with E-state index in [0.29, 0.717) is 5.84 Å². The second kappa shape index (κ2) is 9.51. The standard InChI is InChI=1S/C25H29N5O/c1-18(26)30-15-13-24(14-16-30)31-23-11-9-22(10-12-23)28-29-25(27-2)21-8-7-19-5-3-4-6-20(19)17-21/h3-12,17,24,26,28H,13-16H2,1-2H3,(H,27,29). The minimum atomic E-state index is 0.208. The number of aliphatic imine (C=N–C) groups is 1. The van der Waals surface area contributed by atoms with Gasteiger partial charge in [0.05, 0.1) is 11.5 Å². The Labute approximate surface area is 183 Å². The van der Waals surface area contributed by atoms with Gasteiger partial charge < -0.3 is 9.64 Å². The number of benzene rings is 3. The van der Waals surface area contributed by atoms with E-state index in [1.807, 2.05) is 43.3 Å². The molecule has 1 heterocycles. The number of nitrogens with one attached hydrogen (secondary N) is 3. The molecule has 1 aliphatic rings. The third-order valence-corrected chi connectivity index (χ3v) is 5.65. The molecule has 6 nitrogen and oxygen atoms in total. The van der Waals surface area contributed by atoms with Gasteiger partial charge in [-0.3, -0.25) is 21.3 Å².